The van der Waals surface area contributed by atoms with Crippen LogP contribution in [0.4, 0.5) is 4.39 Å². The van der Waals surface area contributed by atoms with Gasteiger partial charge in [0.1, 0.15) is 17.7 Å². The van der Waals surface area contributed by atoms with E-state index < -0.39 is 0 Å². The van der Waals surface area contributed by atoms with Gasteiger partial charge in [-0.2, -0.15) is 0 Å². The third-order valence-corrected chi connectivity index (χ3v) is 2.22. The zero-order valence-electron chi connectivity index (χ0n) is 9.01. The molecule has 0 fully saturated rings. The van der Waals surface area contributed by atoms with Crippen molar-refractivity contribution in [3.63, 3.8) is 0 Å². The molecule has 1 atom stereocenters. The van der Waals surface area contributed by atoms with Gasteiger partial charge in [-0.3, -0.25) is 0 Å². The van der Waals surface area contributed by atoms with E-state index in [4.69, 9.17) is 4.74 Å². The zero-order chi connectivity index (χ0) is 10.6. The van der Waals surface area contributed by atoms with E-state index in [1.165, 1.54) is 6.07 Å². The number of fused-ring (bicyclic) bond motifs is 1. The minimum atomic E-state index is -0.172. The van der Waals surface area contributed by atoms with E-state index in [0.717, 1.165) is 24.2 Å². The monoisotopic (exact) mass is 196 g/mol. The molecule has 1 aromatic rings. The Balaban J connectivity index is 0.000000461. The van der Waals surface area contributed by atoms with Crippen LogP contribution >= 0.6 is 0 Å². The van der Waals surface area contributed by atoms with Crippen molar-refractivity contribution in [1.82, 2.24) is 0 Å². The number of hydrogen-bond acceptors (Lipinski definition) is 1. The lowest BCUT2D eigenvalue weighted by Crippen LogP contribution is -2.10. The summed E-state index contributed by atoms with van der Waals surface area (Å²) in [5, 5.41) is 0. The molecule has 0 saturated carbocycles. The molecule has 1 aromatic carbocycles. The maximum atomic E-state index is 12.7. The molecule has 0 saturated heterocycles. The Labute approximate surface area is 84.9 Å². The van der Waals surface area contributed by atoms with Crippen LogP contribution in [0.15, 0.2) is 18.2 Å². The minimum Gasteiger partial charge on any atom is -0.490 e. The highest BCUT2D eigenvalue weighted by Gasteiger charge is 2.20. The first-order valence-electron chi connectivity index (χ1n) is 5.24. The van der Waals surface area contributed by atoms with Crippen LogP contribution in [0, 0.1) is 5.82 Å². The van der Waals surface area contributed by atoms with Gasteiger partial charge in [0, 0.05) is 12.0 Å². The van der Waals surface area contributed by atoms with Crippen LogP contribution in [-0.2, 0) is 6.42 Å². The molecule has 0 amide bonds. The van der Waals surface area contributed by atoms with Crippen LogP contribution < -0.4 is 4.74 Å². The molecule has 0 spiro atoms. The zero-order valence-corrected chi connectivity index (χ0v) is 9.01. The van der Waals surface area contributed by atoms with Crippen LogP contribution in [0.2, 0.25) is 0 Å². The summed E-state index contributed by atoms with van der Waals surface area (Å²) in [6.45, 7) is 6.08. The van der Waals surface area contributed by atoms with Crippen molar-refractivity contribution in [2.75, 3.05) is 0 Å². The predicted octanol–water partition coefficient (Wildman–Crippen LogP) is 3.57. The average molecular weight is 196 g/mol. The molecule has 0 aromatic heterocycles. The Morgan fingerprint density at radius 3 is 2.79 bits per heavy atom. The third-order valence-electron chi connectivity index (χ3n) is 2.22. The second kappa shape index (κ2) is 4.99. The summed E-state index contributed by atoms with van der Waals surface area (Å²) in [4.78, 5) is 0. The molecule has 1 aliphatic rings. The van der Waals surface area contributed by atoms with Gasteiger partial charge in [0.2, 0.25) is 0 Å². The van der Waals surface area contributed by atoms with Crippen molar-refractivity contribution < 1.29 is 9.13 Å². The van der Waals surface area contributed by atoms with Gasteiger partial charge in [0.25, 0.3) is 0 Å². The van der Waals surface area contributed by atoms with E-state index >= 15 is 0 Å². The number of rotatable bonds is 1. The van der Waals surface area contributed by atoms with E-state index in [0.29, 0.717) is 0 Å². The molecule has 0 aliphatic carbocycles. The van der Waals surface area contributed by atoms with Gasteiger partial charge in [-0.25, -0.2) is 4.39 Å². The van der Waals surface area contributed by atoms with Gasteiger partial charge in [0.05, 0.1) is 0 Å². The molecule has 1 heterocycles. The molecule has 0 bridgehead atoms. The lowest BCUT2D eigenvalue weighted by atomic mass is 10.1. The Bertz CT molecular complexity index is 296. The maximum absolute atomic E-state index is 12.7. The number of halogens is 1. The minimum absolute atomic E-state index is 0.172. The summed E-state index contributed by atoms with van der Waals surface area (Å²) >= 11 is 0. The molecule has 0 radical (unpaired) electrons. The molecule has 2 heteroatoms. The predicted molar refractivity (Wildman–Crippen MR) is 56.2 cm³/mol. The molecule has 0 N–H and O–H groups in total. The molecular formula is C12H17FO. The van der Waals surface area contributed by atoms with Gasteiger partial charge >= 0.3 is 0 Å². The quantitative estimate of drug-likeness (QED) is 0.667. The third kappa shape index (κ3) is 2.25. The number of hydrogen-bond donors (Lipinski definition) is 0. The van der Waals surface area contributed by atoms with Crippen LogP contribution in [-0.4, -0.2) is 6.10 Å². The molecule has 1 nitrogen and oxygen atoms in total. The van der Waals surface area contributed by atoms with Crippen molar-refractivity contribution in [3.05, 3.63) is 29.6 Å². The summed E-state index contributed by atoms with van der Waals surface area (Å²) in [5.74, 6) is 0.678. The van der Waals surface area contributed by atoms with Crippen LogP contribution in [0.25, 0.3) is 0 Å². The average Bonchev–Trinajstić information content (AvgIpc) is 2.62. The first kappa shape index (κ1) is 11.0. The van der Waals surface area contributed by atoms with Crippen LogP contribution in [0.1, 0.15) is 32.8 Å². The second-order valence-corrected chi connectivity index (χ2v) is 3.10. The fourth-order valence-corrected chi connectivity index (χ4v) is 1.52. The summed E-state index contributed by atoms with van der Waals surface area (Å²) in [6.07, 6.45) is 2.08. The highest BCUT2D eigenvalue weighted by Crippen LogP contribution is 2.30. The Morgan fingerprint density at radius 2 is 2.14 bits per heavy atom. The molecule has 1 unspecified atom stereocenters. The van der Waals surface area contributed by atoms with Crippen molar-refractivity contribution in [2.24, 2.45) is 0 Å². The highest BCUT2D eigenvalue weighted by molar-refractivity contribution is 5.37. The van der Waals surface area contributed by atoms with E-state index in [2.05, 4.69) is 6.92 Å². The van der Waals surface area contributed by atoms with E-state index in [-0.39, 0.29) is 11.9 Å². The number of benzene rings is 1. The van der Waals surface area contributed by atoms with Crippen molar-refractivity contribution >= 4 is 0 Å². The van der Waals surface area contributed by atoms with E-state index in [9.17, 15) is 4.39 Å². The standard InChI is InChI=1S/C10H11FO.C2H6/c1-2-9-6-7-5-8(11)3-4-10(7)12-9;1-2/h3-5,9H,2,6H2,1H3;1-2H3. The lowest BCUT2D eigenvalue weighted by Gasteiger charge is -2.05. The highest BCUT2D eigenvalue weighted by atomic mass is 19.1. The fourth-order valence-electron chi connectivity index (χ4n) is 1.52. The summed E-state index contributed by atoms with van der Waals surface area (Å²) < 4.78 is 18.3. The first-order valence-corrected chi connectivity index (χ1v) is 5.24. The fraction of sp³-hybridized carbons (Fsp3) is 0.500. The topological polar surface area (TPSA) is 9.23 Å². The number of ether oxygens (including phenoxy) is 1. The van der Waals surface area contributed by atoms with Crippen molar-refractivity contribution in [2.45, 2.75) is 39.7 Å². The van der Waals surface area contributed by atoms with Crippen LogP contribution in [0.5, 0.6) is 5.75 Å². The Morgan fingerprint density at radius 1 is 1.43 bits per heavy atom. The van der Waals surface area contributed by atoms with Gasteiger partial charge in [-0.1, -0.05) is 20.8 Å². The van der Waals surface area contributed by atoms with Gasteiger partial charge in [-0.05, 0) is 24.6 Å². The lowest BCUT2D eigenvalue weighted by molar-refractivity contribution is 0.228. The van der Waals surface area contributed by atoms with Crippen LogP contribution in [0.3, 0.4) is 0 Å². The summed E-state index contributed by atoms with van der Waals surface area (Å²) in [6, 6.07) is 4.71. The SMILES string of the molecule is CC.CCC1Cc2cc(F)ccc2O1. The molecular weight excluding hydrogens is 179 g/mol. The summed E-state index contributed by atoms with van der Waals surface area (Å²) in [7, 11) is 0. The van der Waals surface area contributed by atoms with Crippen molar-refractivity contribution in [3.8, 4) is 5.75 Å². The normalized spacial score (nSPS) is 17.9. The molecule has 2 rings (SSSR count). The molecule has 78 valence electrons. The van der Waals surface area contributed by atoms with E-state index in [1.54, 1.807) is 12.1 Å². The van der Waals surface area contributed by atoms with Gasteiger partial charge < -0.3 is 4.74 Å². The Kier molecular flexibility index (Phi) is 3.93. The first-order chi connectivity index (χ1) is 6.79. The molecule has 1 aliphatic heterocycles. The van der Waals surface area contributed by atoms with Crippen molar-refractivity contribution in [1.29, 1.82) is 0 Å². The molecule has 14 heavy (non-hydrogen) atoms. The largest absolute Gasteiger partial charge is 0.490 e. The van der Waals surface area contributed by atoms with E-state index in [1.807, 2.05) is 13.8 Å². The second-order valence-electron chi connectivity index (χ2n) is 3.10. The smallest absolute Gasteiger partial charge is 0.123 e. The summed E-state index contributed by atoms with van der Waals surface area (Å²) in [5.41, 5.74) is 1.00. The maximum Gasteiger partial charge on any atom is 0.123 e. The van der Waals surface area contributed by atoms with Gasteiger partial charge in [0.15, 0.2) is 0 Å². The Hall–Kier alpha value is -1.05. The van der Waals surface area contributed by atoms with Gasteiger partial charge in [-0.15, -0.1) is 0 Å².